The minimum Gasteiger partial charge on any atom is -0.394 e. The van der Waals surface area contributed by atoms with E-state index in [0.29, 0.717) is 0 Å². The third kappa shape index (κ3) is 15.5. The Hall–Kier alpha value is -2.87. The van der Waals surface area contributed by atoms with Crippen LogP contribution in [0.2, 0.25) is 0 Å². The van der Waals surface area contributed by atoms with Crippen molar-refractivity contribution in [1.29, 1.82) is 0 Å². The SMILES string of the molecule is CC(=O)N[C@@H]1[C@@H](O)[C@H](O[C@@H]2O[C@H](CO)[C@@H](O[C@H]3O[C@H](CO[C@H]4O[C@H](CO)[C@@H](O)[C@H](O)[C@@H]4O[C@@H]4O[C@H](CO)[C@@H](O)[C@H](O)[C@H]4NC(C)=O)[C@@H](O)[C@H](O[C@H]4O[C@H](CO)[C@@H](O)[C@H](O)[C@@H]4O)[C@@H]3O)[C@H](O)[C@H]2NC(C)=O)[C@@H](CO[C@@H]2O[C@@H](C)[C@@H](O)[C@@H](O)[C@@H]2O)O[C@H]1O. The highest BCUT2D eigenvalue weighted by molar-refractivity contribution is 5.74. The molecule has 38 heteroatoms. The summed E-state index contributed by atoms with van der Waals surface area (Å²) in [5.74, 6) is -2.46. The molecular formula is C48H81N3O35. The fourth-order valence-electron chi connectivity index (χ4n) is 10.9. The molecule has 0 aliphatic carbocycles. The number of carbonyl (C=O) groups excluding carboxylic acids is 3. The molecule has 7 saturated heterocycles. The molecule has 7 aliphatic heterocycles. The van der Waals surface area contributed by atoms with E-state index in [9.17, 15) is 111 Å². The van der Waals surface area contributed by atoms with Crippen LogP contribution < -0.4 is 16.0 Å². The minimum absolute atomic E-state index is 0.766. The number of amides is 3. The Kier molecular flexibility index (Phi) is 25.0. The second-order valence-corrected chi connectivity index (χ2v) is 21.8. The summed E-state index contributed by atoms with van der Waals surface area (Å²) < 4.78 is 75.7. The van der Waals surface area contributed by atoms with Gasteiger partial charge in [0.2, 0.25) is 17.7 Å². The average molecular weight is 1260 g/mol. The Bertz CT molecular complexity index is 2170. The maximum atomic E-state index is 12.9. The Balaban J connectivity index is 1.17. The number of hydrogen-bond acceptors (Lipinski definition) is 35. The smallest absolute Gasteiger partial charge is 0.217 e. The molecule has 498 valence electrons. The van der Waals surface area contributed by atoms with E-state index in [1.807, 2.05) is 0 Å². The predicted molar refractivity (Wildman–Crippen MR) is 265 cm³/mol. The highest BCUT2D eigenvalue weighted by Crippen LogP contribution is 2.37. The quantitative estimate of drug-likeness (QED) is 0.0507. The van der Waals surface area contributed by atoms with Crippen LogP contribution in [0.25, 0.3) is 0 Å². The van der Waals surface area contributed by atoms with Crippen molar-refractivity contribution in [3.05, 3.63) is 0 Å². The van der Waals surface area contributed by atoms with Crippen LogP contribution in [0.5, 0.6) is 0 Å². The van der Waals surface area contributed by atoms with Gasteiger partial charge in [-0.25, -0.2) is 0 Å². The number of aliphatic hydroxyl groups is 19. The Morgan fingerprint density at radius 3 is 1.28 bits per heavy atom. The zero-order chi connectivity index (χ0) is 63.5. The Morgan fingerprint density at radius 2 is 0.709 bits per heavy atom. The van der Waals surface area contributed by atoms with Crippen molar-refractivity contribution in [1.82, 2.24) is 16.0 Å². The zero-order valence-electron chi connectivity index (χ0n) is 46.5. The van der Waals surface area contributed by atoms with Gasteiger partial charge in [-0.3, -0.25) is 14.4 Å². The summed E-state index contributed by atoms with van der Waals surface area (Å²) in [6, 6.07) is -5.16. The van der Waals surface area contributed by atoms with Gasteiger partial charge in [0.1, 0.15) is 165 Å². The van der Waals surface area contributed by atoms with Crippen molar-refractivity contribution in [3.63, 3.8) is 0 Å². The number of carbonyl (C=O) groups is 3. The monoisotopic (exact) mass is 1260 g/mol. The summed E-state index contributed by atoms with van der Waals surface area (Å²) in [7, 11) is 0. The third-order valence-electron chi connectivity index (χ3n) is 15.7. The van der Waals surface area contributed by atoms with Gasteiger partial charge in [0.15, 0.2) is 44.0 Å². The maximum Gasteiger partial charge on any atom is 0.217 e. The van der Waals surface area contributed by atoms with E-state index in [4.69, 9.17) is 61.6 Å². The molecule has 7 heterocycles. The standard InChI is InChI=1S/C48H81N3O35/c1-11-24(59)32(67)35(70)45(76-11)74-10-20-39(30(65)21(42(73)77-20)49-12(2)56)83-44-23(51-14(4)58)31(66)38(18(8-55)81-44)84-47-37(72)40(85-46-36(71)33(68)26(61)16(6-53)79-46)28(63)19(82-47)9-75-48-41(34(69)27(62)17(7-54)80-48)86-43-22(50-13(3)57)29(64)25(60)15(5-52)78-43/h11,15-48,52-55,59-73H,5-10H2,1-4H3,(H,49,56)(H,50,57)(H,51,58)/t11-,15+,16+,17+,18+,19+,20+,21+,22+,23+,24+,25+,26+,27+,28+,29+,30+,31+,32+,33-,34-,35-,36-,37-,38+,39+,40-,41-,42+,43-,44-,45+,46+,47+,48-/m0/s1. The molecule has 35 atom stereocenters. The molecule has 0 spiro atoms. The van der Waals surface area contributed by atoms with E-state index in [1.54, 1.807) is 0 Å². The van der Waals surface area contributed by atoms with Crippen LogP contribution in [0.4, 0.5) is 0 Å². The Morgan fingerprint density at radius 1 is 0.326 bits per heavy atom. The fourth-order valence-corrected chi connectivity index (χ4v) is 10.9. The molecule has 0 radical (unpaired) electrons. The van der Waals surface area contributed by atoms with Gasteiger partial charge in [-0.1, -0.05) is 0 Å². The summed E-state index contributed by atoms with van der Waals surface area (Å²) in [5, 5.41) is 214. The summed E-state index contributed by atoms with van der Waals surface area (Å²) in [6.45, 7) is -1.39. The van der Waals surface area contributed by atoms with Crippen LogP contribution in [-0.4, -0.2) is 369 Å². The third-order valence-corrected chi connectivity index (χ3v) is 15.7. The van der Waals surface area contributed by atoms with Crippen LogP contribution in [-0.2, 0) is 76.0 Å². The molecule has 0 bridgehead atoms. The highest BCUT2D eigenvalue weighted by atomic mass is 16.8. The first kappa shape index (κ1) is 70.6. The first-order chi connectivity index (χ1) is 40.6. The second kappa shape index (κ2) is 30.5. The predicted octanol–water partition coefficient (Wildman–Crippen LogP) is -14.8. The molecule has 0 unspecified atom stereocenters. The van der Waals surface area contributed by atoms with Crippen molar-refractivity contribution in [2.45, 2.75) is 242 Å². The summed E-state index contributed by atoms with van der Waals surface area (Å²) in [4.78, 5) is 37.3. The van der Waals surface area contributed by atoms with Gasteiger partial charge in [-0.05, 0) is 6.92 Å². The lowest BCUT2D eigenvalue weighted by molar-refractivity contribution is -0.387. The van der Waals surface area contributed by atoms with Crippen molar-refractivity contribution in [2.75, 3.05) is 39.6 Å². The van der Waals surface area contributed by atoms with Gasteiger partial charge >= 0.3 is 0 Å². The molecule has 0 aromatic rings. The van der Waals surface area contributed by atoms with E-state index >= 15 is 0 Å². The topological polar surface area (TPSA) is 592 Å². The first-order valence-electron chi connectivity index (χ1n) is 27.5. The van der Waals surface area contributed by atoms with Gasteiger partial charge in [0, 0.05) is 20.8 Å². The number of rotatable bonds is 21. The fraction of sp³-hybridized carbons (Fsp3) is 0.938. The molecule has 22 N–H and O–H groups in total. The van der Waals surface area contributed by atoms with Crippen LogP contribution in [0.3, 0.4) is 0 Å². The largest absolute Gasteiger partial charge is 0.394 e. The van der Waals surface area contributed by atoms with Crippen molar-refractivity contribution >= 4 is 17.7 Å². The number of aliphatic hydroxyl groups excluding tert-OH is 19. The Labute approximate surface area is 488 Å². The molecule has 3 amide bonds. The molecule has 7 rings (SSSR count). The van der Waals surface area contributed by atoms with Gasteiger partial charge in [0.25, 0.3) is 0 Å². The van der Waals surface area contributed by atoms with Crippen molar-refractivity contribution in [3.8, 4) is 0 Å². The van der Waals surface area contributed by atoms with E-state index in [1.165, 1.54) is 6.92 Å². The average Bonchev–Trinajstić information content (AvgIpc) is 1.32. The van der Waals surface area contributed by atoms with Crippen LogP contribution in [0.15, 0.2) is 0 Å². The van der Waals surface area contributed by atoms with Crippen LogP contribution >= 0.6 is 0 Å². The summed E-state index contributed by atoms with van der Waals surface area (Å²) in [6.07, 6.45) is -61.1. The molecule has 0 aromatic carbocycles. The normalized spacial score (nSPS) is 49.4. The first-order valence-corrected chi connectivity index (χ1v) is 27.5. The van der Waals surface area contributed by atoms with Crippen LogP contribution in [0.1, 0.15) is 27.7 Å². The van der Waals surface area contributed by atoms with Gasteiger partial charge < -0.3 is 175 Å². The van der Waals surface area contributed by atoms with Crippen molar-refractivity contribution in [2.24, 2.45) is 0 Å². The highest BCUT2D eigenvalue weighted by Gasteiger charge is 2.58. The minimum atomic E-state index is -2.34. The summed E-state index contributed by atoms with van der Waals surface area (Å²) in [5.41, 5.74) is 0. The van der Waals surface area contributed by atoms with Gasteiger partial charge in [-0.15, -0.1) is 0 Å². The number of nitrogens with one attached hydrogen (secondary N) is 3. The van der Waals surface area contributed by atoms with Crippen LogP contribution in [0, 0.1) is 0 Å². The van der Waals surface area contributed by atoms with E-state index < -0.39 is 272 Å². The molecule has 7 fully saturated rings. The summed E-state index contributed by atoms with van der Waals surface area (Å²) >= 11 is 0. The second-order valence-electron chi connectivity index (χ2n) is 21.8. The lowest BCUT2D eigenvalue weighted by Gasteiger charge is -2.50. The maximum absolute atomic E-state index is 12.9. The zero-order valence-corrected chi connectivity index (χ0v) is 46.5. The number of hydrogen-bond donors (Lipinski definition) is 22. The lowest BCUT2D eigenvalue weighted by Crippen LogP contribution is -2.70. The molecule has 38 nitrogen and oxygen atoms in total. The molecule has 0 aromatic heterocycles. The van der Waals surface area contributed by atoms with Gasteiger partial charge in [-0.2, -0.15) is 0 Å². The van der Waals surface area contributed by atoms with E-state index in [-0.39, 0.29) is 0 Å². The van der Waals surface area contributed by atoms with E-state index in [2.05, 4.69) is 16.0 Å². The molecule has 86 heavy (non-hydrogen) atoms. The molecular weight excluding hydrogens is 1180 g/mol. The molecule has 7 aliphatic rings. The number of ether oxygens (including phenoxy) is 13. The molecule has 0 saturated carbocycles. The lowest BCUT2D eigenvalue weighted by atomic mass is 9.93. The van der Waals surface area contributed by atoms with Crippen molar-refractivity contribution < 1.29 is 173 Å². The van der Waals surface area contributed by atoms with Gasteiger partial charge in [0.05, 0.1) is 45.7 Å². The van der Waals surface area contributed by atoms with E-state index in [0.717, 1.165) is 20.8 Å².